The quantitative estimate of drug-likeness (QED) is 0.278. The maximum Gasteiger partial charge on any atom is 0.389 e. The number of alkyl halides is 4. The van der Waals surface area contributed by atoms with E-state index < -0.39 is 30.7 Å². The van der Waals surface area contributed by atoms with Gasteiger partial charge in [0.25, 0.3) is 0 Å². The number of nitrogens with one attached hydrogen (secondary N) is 2. The molecule has 0 bridgehead atoms. The fourth-order valence-electron chi connectivity index (χ4n) is 5.21. The van der Waals surface area contributed by atoms with Gasteiger partial charge in [0.2, 0.25) is 0 Å². The Hall–Kier alpha value is -3.71. The molecule has 0 amide bonds. The molecule has 1 aliphatic heterocycles. The van der Waals surface area contributed by atoms with Gasteiger partial charge in [0, 0.05) is 35.8 Å². The zero-order chi connectivity index (χ0) is 28.9. The van der Waals surface area contributed by atoms with Gasteiger partial charge in [-0.25, -0.2) is 9.18 Å². The summed E-state index contributed by atoms with van der Waals surface area (Å²) >= 11 is 0. The van der Waals surface area contributed by atoms with Gasteiger partial charge in [-0.2, -0.15) is 13.2 Å². The second kappa shape index (κ2) is 12.6. The van der Waals surface area contributed by atoms with E-state index in [0.717, 1.165) is 24.2 Å². The normalized spacial score (nSPS) is 20.9. The predicted molar refractivity (Wildman–Crippen MR) is 148 cm³/mol. The van der Waals surface area contributed by atoms with Crippen molar-refractivity contribution in [3.63, 3.8) is 0 Å². The van der Waals surface area contributed by atoms with Crippen LogP contribution in [0.25, 0.3) is 6.08 Å². The largest absolute Gasteiger partial charge is 0.495 e. The third kappa shape index (κ3) is 7.27. The van der Waals surface area contributed by atoms with Crippen molar-refractivity contribution in [2.75, 3.05) is 43.9 Å². The van der Waals surface area contributed by atoms with E-state index in [9.17, 15) is 22.4 Å². The molecule has 0 saturated carbocycles. The third-order valence-electron chi connectivity index (χ3n) is 7.34. The minimum absolute atomic E-state index is 0.0638. The summed E-state index contributed by atoms with van der Waals surface area (Å²) in [6.07, 6.45) is -3.90. The summed E-state index contributed by atoms with van der Waals surface area (Å²) in [6, 6.07) is 9.40. The van der Waals surface area contributed by atoms with Crippen LogP contribution in [0.5, 0.6) is 5.75 Å². The summed E-state index contributed by atoms with van der Waals surface area (Å²) < 4.78 is 60.5. The Morgan fingerprint density at radius 3 is 2.70 bits per heavy atom. The molecule has 40 heavy (non-hydrogen) atoms. The zero-order valence-corrected chi connectivity index (χ0v) is 22.4. The maximum atomic E-state index is 14.9. The fourth-order valence-corrected chi connectivity index (χ4v) is 5.21. The highest BCUT2D eigenvalue weighted by Gasteiger charge is 2.36. The number of methoxy groups -OCH3 is 1. The van der Waals surface area contributed by atoms with Crippen LogP contribution < -0.4 is 15.4 Å². The monoisotopic (exact) mass is 559 g/mol. The number of hydrogen-bond donors (Lipinski definition) is 3. The minimum Gasteiger partial charge on any atom is -0.495 e. The number of carbonyl (C=O) groups is 1. The molecule has 214 valence electrons. The summed E-state index contributed by atoms with van der Waals surface area (Å²) in [5, 5.41) is 15.5. The van der Waals surface area contributed by atoms with E-state index in [1.54, 1.807) is 18.2 Å². The summed E-state index contributed by atoms with van der Waals surface area (Å²) in [5.41, 5.74) is 3.15. The molecule has 3 atom stereocenters. The first kappa shape index (κ1) is 29.3. The van der Waals surface area contributed by atoms with Crippen LogP contribution >= 0.6 is 0 Å². The predicted octanol–water partition coefficient (Wildman–Crippen LogP) is 5.86. The number of rotatable bonds is 8. The Labute approximate surface area is 231 Å². The topological polar surface area (TPSA) is 73.8 Å². The number of hydrogen-bond acceptors (Lipinski definition) is 5. The number of carboxylic acids is 1. The van der Waals surface area contributed by atoms with Crippen molar-refractivity contribution in [2.24, 2.45) is 5.92 Å². The Balaban J connectivity index is 1.56. The second-order valence-electron chi connectivity index (χ2n) is 10.0. The highest BCUT2D eigenvalue weighted by molar-refractivity contribution is 5.89. The lowest BCUT2D eigenvalue weighted by atomic mass is 9.81. The van der Waals surface area contributed by atoms with Crippen LogP contribution in [0.15, 0.2) is 42.0 Å². The number of halogens is 4. The number of benzene rings is 2. The lowest BCUT2D eigenvalue weighted by Crippen LogP contribution is -2.47. The SMILES string of the molecule is CCN1CC[C@@H](Nc2cccc3c2C=C(C#CCNc2ccc(C(=O)O)cc2OC)C(CC(F)(F)F)C3)C(F)C1. The van der Waals surface area contributed by atoms with Gasteiger partial charge in [0.1, 0.15) is 11.9 Å². The molecule has 10 heteroatoms. The molecule has 1 aliphatic carbocycles. The molecule has 0 spiro atoms. The first-order valence-electron chi connectivity index (χ1n) is 13.2. The summed E-state index contributed by atoms with van der Waals surface area (Å²) in [6.45, 7) is 4.01. The molecule has 2 aliphatic rings. The van der Waals surface area contributed by atoms with Gasteiger partial charge in [-0.05, 0) is 55.3 Å². The number of aromatic carboxylic acids is 1. The van der Waals surface area contributed by atoms with Crippen LogP contribution in [0.1, 0.15) is 41.3 Å². The molecule has 1 saturated heterocycles. The van der Waals surface area contributed by atoms with Crippen molar-refractivity contribution >= 4 is 23.4 Å². The van der Waals surface area contributed by atoms with Crippen molar-refractivity contribution in [3.8, 4) is 17.6 Å². The van der Waals surface area contributed by atoms with Crippen LogP contribution in [0.2, 0.25) is 0 Å². The number of anilines is 2. The summed E-state index contributed by atoms with van der Waals surface area (Å²) in [4.78, 5) is 13.3. The number of piperidine rings is 1. The lowest BCUT2D eigenvalue weighted by molar-refractivity contribution is -0.141. The Kier molecular flexibility index (Phi) is 9.25. The molecule has 2 aromatic rings. The average molecular weight is 560 g/mol. The van der Waals surface area contributed by atoms with E-state index in [1.807, 2.05) is 19.1 Å². The Morgan fingerprint density at radius 2 is 2.02 bits per heavy atom. The molecular formula is C30H33F4N3O3. The zero-order valence-electron chi connectivity index (χ0n) is 22.4. The third-order valence-corrected chi connectivity index (χ3v) is 7.34. The number of fused-ring (bicyclic) bond motifs is 1. The van der Waals surface area contributed by atoms with Crippen LogP contribution in [0.3, 0.4) is 0 Å². The molecule has 0 radical (unpaired) electrons. The van der Waals surface area contributed by atoms with Gasteiger partial charge in [0.05, 0.1) is 37.4 Å². The molecule has 1 fully saturated rings. The summed E-state index contributed by atoms with van der Waals surface area (Å²) in [5.74, 6) is 4.23. The van der Waals surface area contributed by atoms with Crippen molar-refractivity contribution in [3.05, 3.63) is 58.7 Å². The van der Waals surface area contributed by atoms with Crippen molar-refractivity contribution in [2.45, 2.75) is 44.6 Å². The number of nitrogens with zero attached hydrogens (tertiary/aromatic N) is 1. The molecule has 3 N–H and O–H groups in total. The number of allylic oxidation sites excluding steroid dienone is 1. The van der Waals surface area contributed by atoms with E-state index in [0.29, 0.717) is 35.7 Å². The van der Waals surface area contributed by atoms with E-state index in [2.05, 4.69) is 27.4 Å². The van der Waals surface area contributed by atoms with Gasteiger partial charge in [-0.15, -0.1) is 0 Å². The van der Waals surface area contributed by atoms with Crippen molar-refractivity contribution in [1.82, 2.24) is 4.90 Å². The van der Waals surface area contributed by atoms with Crippen LogP contribution in [0, 0.1) is 17.8 Å². The highest BCUT2D eigenvalue weighted by Crippen LogP contribution is 2.39. The fraction of sp³-hybridized carbons (Fsp3) is 0.433. The van der Waals surface area contributed by atoms with E-state index in [4.69, 9.17) is 9.84 Å². The van der Waals surface area contributed by atoms with Crippen LogP contribution in [-0.2, 0) is 6.42 Å². The number of ether oxygens (including phenoxy) is 1. The molecule has 6 nitrogen and oxygen atoms in total. The van der Waals surface area contributed by atoms with Gasteiger partial charge in [-0.3, -0.25) is 0 Å². The standard InChI is InChI=1S/C30H33F4N3O3/c1-3-37-13-11-26(24(31)18-37)36-25-8-4-6-20-14-22(17-30(32,33)34)19(15-23(20)25)7-5-12-35-27-10-9-21(29(38)39)16-28(27)40-2/h4,6,8-10,15-16,22,24,26,35-36H,3,11-14,17-18H2,1-2H3,(H,38,39)/t22?,24?,26-/m1/s1. The Bertz CT molecular complexity index is 1320. The van der Waals surface area contributed by atoms with Gasteiger partial charge >= 0.3 is 12.1 Å². The first-order chi connectivity index (χ1) is 19.1. The average Bonchev–Trinajstić information content (AvgIpc) is 2.91. The Morgan fingerprint density at radius 1 is 1.23 bits per heavy atom. The van der Waals surface area contributed by atoms with E-state index in [-0.39, 0.29) is 24.6 Å². The van der Waals surface area contributed by atoms with Crippen molar-refractivity contribution < 1.29 is 32.2 Å². The van der Waals surface area contributed by atoms with Crippen LogP contribution in [0.4, 0.5) is 28.9 Å². The smallest absolute Gasteiger partial charge is 0.389 e. The van der Waals surface area contributed by atoms with E-state index >= 15 is 0 Å². The summed E-state index contributed by atoms with van der Waals surface area (Å²) in [7, 11) is 1.41. The lowest BCUT2D eigenvalue weighted by Gasteiger charge is -2.35. The van der Waals surface area contributed by atoms with Gasteiger partial charge < -0.3 is 25.4 Å². The second-order valence-corrected chi connectivity index (χ2v) is 10.0. The minimum atomic E-state index is -4.36. The maximum absolute atomic E-state index is 14.9. The van der Waals surface area contributed by atoms with Crippen LogP contribution in [-0.4, -0.2) is 67.7 Å². The molecule has 2 unspecified atom stereocenters. The molecular weight excluding hydrogens is 526 g/mol. The van der Waals surface area contributed by atoms with Crippen molar-refractivity contribution in [1.29, 1.82) is 0 Å². The number of likely N-dealkylation sites (tertiary alicyclic amines) is 1. The van der Waals surface area contributed by atoms with Gasteiger partial charge in [-0.1, -0.05) is 30.9 Å². The highest BCUT2D eigenvalue weighted by atomic mass is 19.4. The molecule has 0 aromatic heterocycles. The van der Waals surface area contributed by atoms with E-state index in [1.165, 1.54) is 19.2 Å². The number of carboxylic acid groups (broad SMARTS) is 1. The molecule has 4 rings (SSSR count). The van der Waals surface area contributed by atoms with Gasteiger partial charge in [0.15, 0.2) is 0 Å². The molecule has 2 aromatic carbocycles. The molecule has 1 heterocycles. The first-order valence-corrected chi connectivity index (χ1v) is 13.2.